The molecule has 8 nitrogen and oxygen atoms in total. The number of amides is 1. The van der Waals surface area contributed by atoms with Gasteiger partial charge in [0, 0.05) is 37.0 Å². The summed E-state index contributed by atoms with van der Waals surface area (Å²) in [5.41, 5.74) is 5.69. The molecule has 0 aliphatic carbocycles. The number of morpholine rings is 1. The van der Waals surface area contributed by atoms with E-state index in [0.717, 1.165) is 61.5 Å². The van der Waals surface area contributed by atoms with E-state index in [1.807, 2.05) is 43.3 Å². The number of benzene rings is 2. The number of hydrogen-bond donors (Lipinski definition) is 2. The molecule has 1 aromatic heterocycles. The zero-order valence-electron chi connectivity index (χ0n) is 20.7. The Bertz CT molecular complexity index is 1230. The summed E-state index contributed by atoms with van der Waals surface area (Å²) in [7, 11) is 0. The van der Waals surface area contributed by atoms with Crippen LogP contribution in [0.2, 0.25) is 0 Å². The molecular weight excluding hydrogens is 460 g/mol. The van der Waals surface area contributed by atoms with Crippen LogP contribution >= 0.6 is 0 Å². The van der Waals surface area contributed by atoms with E-state index in [4.69, 9.17) is 19.6 Å². The normalized spacial score (nSPS) is 16.1. The SMILES string of the molecule is Cc1ccc2cc(CC(O)(CCc3ccc(OCCCN4CCOCC4)cc3)C(N)=O)c(=O)oc2c1. The number of nitrogens with two attached hydrogens (primary N) is 1. The maximum absolute atomic E-state index is 12.5. The highest BCUT2D eigenvalue weighted by molar-refractivity contribution is 5.84. The number of aliphatic hydroxyl groups is 1. The van der Waals surface area contributed by atoms with Gasteiger partial charge in [0.25, 0.3) is 0 Å². The summed E-state index contributed by atoms with van der Waals surface area (Å²) in [4.78, 5) is 27.1. The van der Waals surface area contributed by atoms with Crippen LogP contribution in [0.5, 0.6) is 5.75 Å². The molecule has 1 saturated heterocycles. The second-order valence-corrected chi connectivity index (χ2v) is 9.47. The molecule has 3 aromatic rings. The Morgan fingerprint density at radius 1 is 1.14 bits per heavy atom. The van der Waals surface area contributed by atoms with Crippen molar-refractivity contribution in [3.63, 3.8) is 0 Å². The van der Waals surface area contributed by atoms with E-state index >= 15 is 0 Å². The average molecular weight is 495 g/mol. The largest absolute Gasteiger partial charge is 0.494 e. The van der Waals surface area contributed by atoms with Crippen molar-refractivity contribution < 1.29 is 23.8 Å². The third-order valence-corrected chi connectivity index (χ3v) is 6.65. The highest BCUT2D eigenvalue weighted by Crippen LogP contribution is 2.23. The fourth-order valence-electron chi connectivity index (χ4n) is 4.40. The Hall–Kier alpha value is -3.20. The predicted octanol–water partition coefficient (Wildman–Crippen LogP) is 2.59. The molecule has 1 amide bonds. The number of aryl methyl sites for hydroxylation is 2. The molecule has 192 valence electrons. The molecule has 3 N–H and O–H groups in total. The van der Waals surface area contributed by atoms with Gasteiger partial charge in [-0.2, -0.15) is 0 Å². The Balaban J connectivity index is 1.32. The van der Waals surface area contributed by atoms with Gasteiger partial charge in [-0.05, 0) is 61.6 Å². The van der Waals surface area contributed by atoms with Gasteiger partial charge >= 0.3 is 5.63 Å². The molecule has 2 heterocycles. The van der Waals surface area contributed by atoms with Gasteiger partial charge in [0.15, 0.2) is 0 Å². The van der Waals surface area contributed by atoms with E-state index in [1.54, 1.807) is 12.1 Å². The van der Waals surface area contributed by atoms with Gasteiger partial charge < -0.3 is 24.7 Å². The van der Waals surface area contributed by atoms with Crippen molar-refractivity contribution in [1.29, 1.82) is 0 Å². The number of rotatable bonds is 11. The number of hydrogen-bond acceptors (Lipinski definition) is 7. The number of ether oxygens (including phenoxy) is 2. The minimum Gasteiger partial charge on any atom is -0.494 e. The molecule has 0 radical (unpaired) electrons. The van der Waals surface area contributed by atoms with Crippen molar-refractivity contribution in [3.05, 3.63) is 75.6 Å². The fourth-order valence-corrected chi connectivity index (χ4v) is 4.40. The van der Waals surface area contributed by atoms with Crippen molar-refractivity contribution in [3.8, 4) is 5.75 Å². The fraction of sp³-hybridized carbons (Fsp3) is 0.429. The van der Waals surface area contributed by atoms with Crippen molar-refractivity contribution >= 4 is 16.9 Å². The molecule has 0 saturated carbocycles. The van der Waals surface area contributed by atoms with Crippen molar-refractivity contribution in [1.82, 2.24) is 4.90 Å². The lowest BCUT2D eigenvalue weighted by atomic mass is 9.88. The lowest BCUT2D eigenvalue weighted by molar-refractivity contribution is -0.136. The number of carbonyl (C=O) groups excluding carboxylic acids is 1. The van der Waals surface area contributed by atoms with Gasteiger partial charge in [0.2, 0.25) is 5.91 Å². The van der Waals surface area contributed by atoms with E-state index in [2.05, 4.69) is 4.90 Å². The van der Waals surface area contributed by atoms with Crippen LogP contribution in [0.3, 0.4) is 0 Å². The minimum atomic E-state index is -1.87. The molecule has 1 fully saturated rings. The lowest BCUT2D eigenvalue weighted by Gasteiger charge is -2.26. The van der Waals surface area contributed by atoms with Gasteiger partial charge in [0.1, 0.15) is 16.9 Å². The average Bonchev–Trinajstić information content (AvgIpc) is 2.87. The molecule has 36 heavy (non-hydrogen) atoms. The molecule has 1 aliphatic rings. The van der Waals surface area contributed by atoms with Crippen LogP contribution in [0.25, 0.3) is 11.0 Å². The van der Waals surface area contributed by atoms with E-state index in [9.17, 15) is 14.7 Å². The smallest absolute Gasteiger partial charge is 0.339 e. The van der Waals surface area contributed by atoms with Crippen LogP contribution in [0.4, 0.5) is 0 Å². The Morgan fingerprint density at radius 2 is 1.89 bits per heavy atom. The van der Waals surface area contributed by atoms with Crippen LogP contribution in [-0.2, 0) is 22.4 Å². The van der Waals surface area contributed by atoms with E-state index < -0.39 is 17.1 Å². The maximum Gasteiger partial charge on any atom is 0.339 e. The lowest BCUT2D eigenvalue weighted by Crippen LogP contribution is -2.47. The van der Waals surface area contributed by atoms with Crippen molar-refractivity contribution in [2.24, 2.45) is 5.73 Å². The summed E-state index contributed by atoms with van der Waals surface area (Å²) in [6.45, 7) is 7.06. The number of carbonyl (C=O) groups is 1. The quantitative estimate of drug-likeness (QED) is 0.311. The van der Waals surface area contributed by atoms with Crippen LogP contribution in [-0.4, -0.2) is 61.0 Å². The second-order valence-electron chi connectivity index (χ2n) is 9.47. The first-order valence-corrected chi connectivity index (χ1v) is 12.4. The Morgan fingerprint density at radius 3 is 2.61 bits per heavy atom. The summed E-state index contributed by atoms with van der Waals surface area (Å²) >= 11 is 0. The third kappa shape index (κ3) is 6.72. The first-order valence-electron chi connectivity index (χ1n) is 12.4. The molecule has 0 spiro atoms. The zero-order chi connectivity index (χ0) is 25.5. The summed E-state index contributed by atoms with van der Waals surface area (Å²) in [6, 6.07) is 14.8. The summed E-state index contributed by atoms with van der Waals surface area (Å²) in [6.07, 6.45) is 1.22. The molecule has 8 heteroatoms. The molecule has 1 atom stereocenters. The third-order valence-electron chi connectivity index (χ3n) is 6.65. The van der Waals surface area contributed by atoms with Crippen LogP contribution in [0.1, 0.15) is 29.5 Å². The molecule has 2 aromatic carbocycles. The van der Waals surface area contributed by atoms with E-state index in [1.165, 1.54) is 0 Å². The number of nitrogens with zero attached hydrogens (tertiary/aromatic N) is 1. The van der Waals surface area contributed by atoms with Gasteiger partial charge in [-0.15, -0.1) is 0 Å². The molecule has 4 rings (SSSR count). The van der Waals surface area contributed by atoms with Gasteiger partial charge in [0.05, 0.1) is 19.8 Å². The van der Waals surface area contributed by atoms with Crippen molar-refractivity contribution in [2.45, 2.75) is 38.2 Å². The summed E-state index contributed by atoms with van der Waals surface area (Å²) in [5.74, 6) is -0.0963. The highest BCUT2D eigenvalue weighted by atomic mass is 16.5. The maximum atomic E-state index is 12.5. The van der Waals surface area contributed by atoms with E-state index in [0.29, 0.717) is 18.6 Å². The van der Waals surface area contributed by atoms with Crippen LogP contribution in [0.15, 0.2) is 57.7 Å². The first-order chi connectivity index (χ1) is 17.3. The van der Waals surface area contributed by atoms with E-state index in [-0.39, 0.29) is 18.4 Å². The molecule has 1 aliphatic heterocycles. The Kier molecular flexibility index (Phi) is 8.40. The van der Waals surface area contributed by atoms with Gasteiger partial charge in [-0.1, -0.05) is 24.3 Å². The van der Waals surface area contributed by atoms with Crippen LogP contribution in [0, 0.1) is 6.92 Å². The number of primary amides is 1. The minimum absolute atomic E-state index is 0.0768. The Labute approximate surface area is 210 Å². The van der Waals surface area contributed by atoms with Crippen LogP contribution < -0.4 is 16.1 Å². The van der Waals surface area contributed by atoms with Crippen molar-refractivity contribution in [2.75, 3.05) is 39.5 Å². The highest BCUT2D eigenvalue weighted by Gasteiger charge is 2.35. The zero-order valence-corrected chi connectivity index (χ0v) is 20.7. The topological polar surface area (TPSA) is 115 Å². The molecule has 1 unspecified atom stereocenters. The van der Waals surface area contributed by atoms with Gasteiger partial charge in [-0.25, -0.2) is 4.79 Å². The monoisotopic (exact) mass is 494 g/mol. The first kappa shape index (κ1) is 25.9. The summed E-state index contributed by atoms with van der Waals surface area (Å²) in [5, 5.41) is 11.8. The molecule has 0 bridgehead atoms. The summed E-state index contributed by atoms with van der Waals surface area (Å²) < 4.78 is 16.6. The number of fused-ring (bicyclic) bond motifs is 1. The molecular formula is C28H34N2O6. The standard InChI is InChI=1S/C28H34N2O6/c1-20-3-6-22-18-23(26(31)36-25(22)17-20)19-28(33,27(29)32)10-9-21-4-7-24(8-5-21)35-14-2-11-30-12-15-34-16-13-30/h3-8,17-18,33H,2,9-16,19H2,1H3,(H2,29,32). The second kappa shape index (κ2) is 11.7. The predicted molar refractivity (Wildman–Crippen MR) is 137 cm³/mol. The van der Waals surface area contributed by atoms with Gasteiger partial charge in [-0.3, -0.25) is 9.69 Å².